The quantitative estimate of drug-likeness (QED) is 0.420. The minimum atomic E-state index is -0.428. The molecule has 2 aromatic heterocycles. The third-order valence-electron chi connectivity index (χ3n) is 3.60. The summed E-state index contributed by atoms with van der Waals surface area (Å²) < 4.78 is 18.1. The van der Waals surface area contributed by atoms with Crippen LogP contribution in [0.15, 0.2) is 41.8 Å². The molecule has 26 heavy (non-hydrogen) atoms. The van der Waals surface area contributed by atoms with Gasteiger partial charge in [0.05, 0.1) is 17.0 Å². The molecule has 2 heterocycles. The molecule has 0 saturated carbocycles. The summed E-state index contributed by atoms with van der Waals surface area (Å²) in [5.41, 5.74) is 1.44. The van der Waals surface area contributed by atoms with E-state index < -0.39 is 5.97 Å². The Morgan fingerprint density at radius 1 is 1.12 bits per heavy atom. The largest absolute Gasteiger partial charge is 0.459 e. The number of esters is 1. The summed E-state index contributed by atoms with van der Waals surface area (Å²) in [6, 6.07) is 9.73. The fourth-order valence-corrected chi connectivity index (χ4v) is 3.89. The molecule has 0 atom stereocenters. The van der Waals surface area contributed by atoms with Crippen LogP contribution in [0.4, 0.5) is 4.39 Å². The maximum absolute atomic E-state index is 13.0. The zero-order chi connectivity index (χ0) is 18.5. The maximum Gasteiger partial charge on any atom is 0.306 e. The number of thiophene rings is 1. The first-order valence-corrected chi connectivity index (χ1v) is 9.66. The molecule has 4 nitrogen and oxygen atoms in total. The first kappa shape index (κ1) is 18.4. The Hall–Kier alpha value is -2.38. The number of nitrogens with zero attached hydrogens (tertiary/aromatic N) is 1. The maximum atomic E-state index is 13.0. The van der Waals surface area contributed by atoms with Crippen LogP contribution in [0.3, 0.4) is 0 Å². The van der Waals surface area contributed by atoms with Crippen molar-refractivity contribution in [3.63, 3.8) is 0 Å². The predicted molar refractivity (Wildman–Crippen MR) is 99.9 cm³/mol. The number of halogens is 1. The molecule has 0 saturated heterocycles. The Labute approximate surface area is 158 Å². The standard InChI is InChI=1S/C19H16FNO3S2/c1-12-2-8-17(26-12)16(22)7-9-18(23)24-10-15-11-25-19(21-15)13-3-5-14(20)6-4-13/h2-6,8,11H,7,9-10H2,1H3. The number of ketones is 1. The van der Waals surface area contributed by atoms with Gasteiger partial charge in [-0.05, 0) is 43.3 Å². The van der Waals surface area contributed by atoms with Gasteiger partial charge in [0, 0.05) is 22.2 Å². The second kappa shape index (κ2) is 8.33. The van der Waals surface area contributed by atoms with E-state index in [9.17, 15) is 14.0 Å². The van der Waals surface area contributed by atoms with Gasteiger partial charge in [-0.25, -0.2) is 9.37 Å². The lowest BCUT2D eigenvalue weighted by Gasteiger charge is -2.02. The van der Waals surface area contributed by atoms with Gasteiger partial charge in [0.25, 0.3) is 0 Å². The van der Waals surface area contributed by atoms with Crippen molar-refractivity contribution in [2.75, 3.05) is 0 Å². The minimum absolute atomic E-state index is 0.0464. The molecule has 0 aliphatic rings. The summed E-state index contributed by atoms with van der Waals surface area (Å²) >= 11 is 2.83. The van der Waals surface area contributed by atoms with Crippen LogP contribution >= 0.6 is 22.7 Å². The van der Waals surface area contributed by atoms with Crippen molar-refractivity contribution >= 4 is 34.4 Å². The molecule has 0 spiro atoms. The highest BCUT2D eigenvalue weighted by molar-refractivity contribution is 7.14. The first-order chi connectivity index (χ1) is 12.5. The third-order valence-corrected chi connectivity index (χ3v) is 5.58. The van der Waals surface area contributed by atoms with Crippen LogP contribution < -0.4 is 0 Å². The Kier molecular flexibility index (Phi) is 5.90. The number of hydrogen-bond donors (Lipinski definition) is 0. The summed E-state index contributed by atoms with van der Waals surface area (Å²) in [5, 5.41) is 2.53. The summed E-state index contributed by atoms with van der Waals surface area (Å²) in [4.78, 5) is 29.9. The third kappa shape index (κ3) is 4.83. The van der Waals surface area contributed by atoms with Crippen molar-refractivity contribution in [2.24, 2.45) is 0 Å². The summed E-state index contributed by atoms with van der Waals surface area (Å²) in [5.74, 6) is -0.776. The van der Waals surface area contributed by atoms with Crippen LogP contribution in [0, 0.1) is 12.7 Å². The van der Waals surface area contributed by atoms with Crippen LogP contribution in [0.2, 0.25) is 0 Å². The average molecular weight is 389 g/mol. The molecule has 0 N–H and O–H groups in total. The number of carbonyl (C=O) groups excluding carboxylic acids is 2. The van der Waals surface area contributed by atoms with Crippen LogP contribution in [0.5, 0.6) is 0 Å². The number of ether oxygens (including phenoxy) is 1. The summed E-state index contributed by atoms with van der Waals surface area (Å²) in [7, 11) is 0. The Morgan fingerprint density at radius 3 is 2.58 bits per heavy atom. The summed E-state index contributed by atoms with van der Waals surface area (Å²) in [6.07, 6.45) is 0.182. The van der Waals surface area contributed by atoms with Gasteiger partial charge >= 0.3 is 5.97 Å². The van der Waals surface area contributed by atoms with Gasteiger partial charge in [0.15, 0.2) is 5.78 Å². The first-order valence-electron chi connectivity index (χ1n) is 7.97. The number of aryl methyl sites for hydroxylation is 1. The lowest BCUT2D eigenvalue weighted by molar-refractivity contribution is -0.145. The smallest absolute Gasteiger partial charge is 0.306 e. The molecule has 1 aromatic carbocycles. The molecule has 0 aliphatic heterocycles. The van der Waals surface area contributed by atoms with E-state index in [1.807, 2.05) is 13.0 Å². The van der Waals surface area contributed by atoms with E-state index >= 15 is 0 Å². The Bertz CT molecular complexity index is 915. The lowest BCUT2D eigenvalue weighted by Crippen LogP contribution is -2.07. The van der Waals surface area contributed by atoms with Gasteiger partial charge in [0.1, 0.15) is 17.4 Å². The Morgan fingerprint density at radius 2 is 1.88 bits per heavy atom. The van der Waals surface area contributed by atoms with E-state index in [-0.39, 0.29) is 31.0 Å². The SMILES string of the molecule is Cc1ccc(C(=O)CCC(=O)OCc2csc(-c3ccc(F)cc3)n2)s1. The molecule has 0 radical (unpaired) electrons. The zero-order valence-corrected chi connectivity index (χ0v) is 15.7. The molecule has 0 bridgehead atoms. The minimum Gasteiger partial charge on any atom is -0.459 e. The number of aromatic nitrogens is 1. The van der Waals surface area contributed by atoms with Crippen LogP contribution in [-0.4, -0.2) is 16.7 Å². The van der Waals surface area contributed by atoms with Crippen LogP contribution in [0.25, 0.3) is 10.6 Å². The molecular weight excluding hydrogens is 373 g/mol. The molecule has 3 aromatic rings. The number of hydrogen-bond acceptors (Lipinski definition) is 6. The van der Waals surface area contributed by atoms with Crippen molar-refractivity contribution in [3.05, 3.63) is 63.0 Å². The van der Waals surface area contributed by atoms with E-state index in [1.54, 1.807) is 23.6 Å². The zero-order valence-electron chi connectivity index (χ0n) is 14.0. The molecule has 7 heteroatoms. The summed E-state index contributed by atoms with van der Waals surface area (Å²) in [6.45, 7) is 1.99. The molecule has 134 valence electrons. The van der Waals surface area contributed by atoms with Gasteiger partial charge in [0.2, 0.25) is 0 Å². The topological polar surface area (TPSA) is 56.3 Å². The van der Waals surface area contributed by atoms with E-state index in [1.165, 1.54) is 34.8 Å². The average Bonchev–Trinajstić information content (AvgIpc) is 3.27. The Balaban J connectivity index is 1.47. The normalized spacial score (nSPS) is 10.7. The fraction of sp³-hybridized carbons (Fsp3) is 0.211. The van der Waals surface area contributed by atoms with E-state index in [4.69, 9.17) is 4.74 Å². The fourth-order valence-electron chi connectivity index (χ4n) is 2.25. The van der Waals surface area contributed by atoms with Crippen LogP contribution in [-0.2, 0) is 16.1 Å². The molecule has 0 amide bonds. The van der Waals surface area contributed by atoms with Gasteiger partial charge in [-0.2, -0.15) is 0 Å². The van der Waals surface area contributed by atoms with Crippen LogP contribution in [0.1, 0.15) is 33.1 Å². The molecule has 3 rings (SSSR count). The molecular formula is C19H16FNO3S2. The second-order valence-corrected chi connectivity index (χ2v) is 7.79. The van der Waals surface area contributed by atoms with Gasteiger partial charge in [-0.15, -0.1) is 22.7 Å². The predicted octanol–water partition coefficient (Wildman–Crippen LogP) is 5.03. The number of benzene rings is 1. The van der Waals surface area contributed by atoms with Gasteiger partial charge in [-0.1, -0.05) is 0 Å². The highest BCUT2D eigenvalue weighted by Gasteiger charge is 2.13. The highest BCUT2D eigenvalue weighted by atomic mass is 32.1. The molecule has 0 fully saturated rings. The van der Waals surface area contributed by atoms with Gasteiger partial charge in [-0.3, -0.25) is 9.59 Å². The van der Waals surface area contributed by atoms with Crippen molar-refractivity contribution in [2.45, 2.75) is 26.4 Å². The van der Waals surface area contributed by atoms with Crippen molar-refractivity contribution in [1.29, 1.82) is 0 Å². The van der Waals surface area contributed by atoms with Crippen molar-refractivity contribution in [1.82, 2.24) is 4.98 Å². The number of carbonyl (C=O) groups is 2. The molecule has 0 unspecified atom stereocenters. The van der Waals surface area contributed by atoms with E-state index in [0.717, 1.165) is 15.4 Å². The second-order valence-electron chi connectivity index (χ2n) is 5.65. The van der Waals surface area contributed by atoms with Crippen molar-refractivity contribution in [3.8, 4) is 10.6 Å². The van der Waals surface area contributed by atoms with Gasteiger partial charge < -0.3 is 4.74 Å². The highest BCUT2D eigenvalue weighted by Crippen LogP contribution is 2.24. The number of Topliss-reactive ketones (excluding diaryl/α,β-unsaturated/α-hetero) is 1. The van der Waals surface area contributed by atoms with Crippen molar-refractivity contribution < 1.29 is 18.7 Å². The number of thiazole rings is 1. The number of rotatable bonds is 7. The monoisotopic (exact) mass is 389 g/mol. The van der Waals surface area contributed by atoms with E-state index in [0.29, 0.717) is 10.6 Å². The lowest BCUT2D eigenvalue weighted by atomic mass is 10.2. The van der Waals surface area contributed by atoms with E-state index in [2.05, 4.69) is 4.98 Å². The molecule has 0 aliphatic carbocycles.